The molecular formula is H6CaO4P2. The molecule has 42 valence electrons. The number of hydrogen-bond acceptors (Lipinski definition) is 3. The SMILES string of the molecule is O.O=[PH]([O-])[O-].P.[Ca+2]. The average molecular weight is 172 g/mol. The molecule has 0 spiro atoms. The van der Waals surface area contributed by atoms with Crippen molar-refractivity contribution < 1.29 is 19.8 Å². The predicted octanol–water partition coefficient (Wildman–Crippen LogP) is -3.05. The Morgan fingerprint density at radius 2 is 1.29 bits per heavy atom. The van der Waals surface area contributed by atoms with Gasteiger partial charge in [0.15, 0.2) is 0 Å². The molecule has 4 nitrogen and oxygen atoms in total. The Morgan fingerprint density at radius 1 is 1.29 bits per heavy atom. The third-order valence-corrected chi connectivity index (χ3v) is 0. The summed E-state index contributed by atoms with van der Waals surface area (Å²) in [5.41, 5.74) is 0. The van der Waals surface area contributed by atoms with Crippen molar-refractivity contribution in [2.75, 3.05) is 0 Å². The summed E-state index contributed by atoms with van der Waals surface area (Å²) >= 11 is 0. The number of hydrogen-bond donors (Lipinski definition) is 0. The molecule has 0 aliphatic rings. The minimum Gasteiger partial charge on any atom is -0.813 e. The van der Waals surface area contributed by atoms with Gasteiger partial charge in [0.1, 0.15) is 0 Å². The van der Waals surface area contributed by atoms with E-state index in [1.165, 1.54) is 0 Å². The van der Waals surface area contributed by atoms with Crippen molar-refractivity contribution in [1.29, 1.82) is 0 Å². The van der Waals surface area contributed by atoms with Crippen molar-refractivity contribution in [2.24, 2.45) is 0 Å². The van der Waals surface area contributed by atoms with Crippen molar-refractivity contribution in [1.82, 2.24) is 0 Å². The van der Waals surface area contributed by atoms with E-state index in [0.29, 0.717) is 0 Å². The fourth-order valence-corrected chi connectivity index (χ4v) is 0. The topological polar surface area (TPSA) is 94.7 Å². The fraction of sp³-hybridized carbons (Fsp3) is 0. The van der Waals surface area contributed by atoms with E-state index in [1.54, 1.807) is 0 Å². The Morgan fingerprint density at radius 3 is 1.29 bits per heavy atom. The standard InChI is InChI=1S/Ca.H3O3P.H2O.H3P/c;1-4(2)3;;/h;4H,(H2,1,2,3);1H2;1H3/q+2;;;/p-2. The molecule has 0 rings (SSSR count). The van der Waals surface area contributed by atoms with Crippen LogP contribution in [-0.2, 0) is 4.57 Å². The van der Waals surface area contributed by atoms with Gasteiger partial charge in [-0.1, -0.05) is 8.25 Å². The van der Waals surface area contributed by atoms with Gasteiger partial charge in [0.05, 0.1) is 0 Å². The molecule has 0 saturated carbocycles. The summed E-state index contributed by atoms with van der Waals surface area (Å²) < 4.78 is 8.52. The molecule has 1 unspecified atom stereocenters. The quantitative estimate of drug-likeness (QED) is 0.287. The summed E-state index contributed by atoms with van der Waals surface area (Å²) in [6, 6.07) is 0. The molecular weight excluding hydrogens is 166 g/mol. The summed E-state index contributed by atoms with van der Waals surface area (Å²) in [5.74, 6) is 0. The van der Waals surface area contributed by atoms with Gasteiger partial charge in [-0.2, -0.15) is 9.90 Å². The summed E-state index contributed by atoms with van der Waals surface area (Å²) in [6.07, 6.45) is 0. The Bertz CT molecular complexity index is 32.7. The number of rotatable bonds is 0. The van der Waals surface area contributed by atoms with E-state index in [0.717, 1.165) is 0 Å². The summed E-state index contributed by atoms with van der Waals surface area (Å²) in [6.45, 7) is 0. The largest absolute Gasteiger partial charge is 2.00 e. The Kier molecular flexibility index (Phi) is 52.0. The zero-order valence-corrected chi connectivity index (χ0v) is 8.26. The molecule has 0 bridgehead atoms. The van der Waals surface area contributed by atoms with Crippen LogP contribution in [0.1, 0.15) is 0 Å². The van der Waals surface area contributed by atoms with Gasteiger partial charge in [0.25, 0.3) is 0 Å². The molecule has 0 amide bonds. The van der Waals surface area contributed by atoms with Crippen molar-refractivity contribution in [3.05, 3.63) is 0 Å². The summed E-state index contributed by atoms with van der Waals surface area (Å²) in [5, 5.41) is 0. The molecule has 0 heterocycles. The maximum atomic E-state index is 8.52. The van der Waals surface area contributed by atoms with E-state index in [2.05, 4.69) is 0 Å². The zero-order chi connectivity index (χ0) is 3.58. The van der Waals surface area contributed by atoms with Gasteiger partial charge in [-0.3, -0.25) is 0 Å². The second-order valence-electron chi connectivity index (χ2n) is 0.250. The van der Waals surface area contributed by atoms with E-state index in [4.69, 9.17) is 14.4 Å². The maximum absolute atomic E-state index is 8.52. The van der Waals surface area contributed by atoms with E-state index in [1.807, 2.05) is 0 Å². The average Bonchev–Trinajstić information content (AvgIpc) is 0.811. The third kappa shape index (κ3) is 81.0. The molecule has 1 atom stereocenters. The van der Waals surface area contributed by atoms with Crippen LogP contribution in [-0.4, -0.2) is 43.2 Å². The van der Waals surface area contributed by atoms with E-state index >= 15 is 0 Å². The minimum atomic E-state index is -3.63. The smallest absolute Gasteiger partial charge is 0.813 e. The van der Waals surface area contributed by atoms with Crippen LogP contribution in [0.2, 0.25) is 0 Å². The van der Waals surface area contributed by atoms with Crippen LogP contribution >= 0.6 is 18.2 Å². The monoisotopic (exact) mass is 172 g/mol. The Hall–Kier alpha value is 1.80. The Balaban J connectivity index is -0.0000000150. The second-order valence-corrected chi connectivity index (χ2v) is 0.750. The van der Waals surface area contributed by atoms with E-state index in [-0.39, 0.29) is 53.1 Å². The van der Waals surface area contributed by atoms with Gasteiger partial charge in [0.2, 0.25) is 0 Å². The zero-order valence-electron chi connectivity index (χ0n) is 3.64. The molecule has 7 heteroatoms. The van der Waals surface area contributed by atoms with Crippen LogP contribution in [0, 0.1) is 0 Å². The molecule has 0 aliphatic carbocycles. The molecule has 0 saturated heterocycles. The third-order valence-electron chi connectivity index (χ3n) is 0. The van der Waals surface area contributed by atoms with Gasteiger partial charge in [0, 0.05) is 0 Å². The predicted molar refractivity (Wildman–Crippen MR) is 29.5 cm³/mol. The maximum Gasteiger partial charge on any atom is 2.00 e. The molecule has 0 fully saturated rings. The first-order valence-corrected chi connectivity index (χ1v) is 1.84. The minimum absolute atomic E-state index is 0. The van der Waals surface area contributed by atoms with Crippen LogP contribution in [0.4, 0.5) is 0 Å². The van der Waals surface area contributed by atoms with Crippen LogP contribution in [0.15, 0.2) is 0 Å². The van der Waals surface area contributed by atoms with Crippen LogP contribution < -0.4 is 9.79 Å². The van der Waals surface area contributed by atoms with Crippen molar-refractivity contribution in [2.45, 2.75) is 0 Å². The van der Waals surface area contributed by atoms with Gasteiger partial charge in [-0.25, -0.2) is 0 Å². The van der Waals surface area contributed by atoms with Crippen LogP contribution in [0.3, 0.4) is 0 Å². The first kappa shape index (κ1) is 23.2. The molecule has 0 aromatic carbocycles. The van der Waals surface area contributed by atoms with Crippen molar-refractivity contribution >= 4 is 55.9 Å². The molecule has 0 aromatic rings. The van der Waals surface area contributed by atoms with Crippen molar-refractivity contribution in [3.8, 4) is 0 Å². The first-order valence-electron chi connectivity index (χ1n) is 0.612. The van der Waals surface area contributed by atoms with Crippen LogP contribution in [0.5, 0.6) is 0 Å². The Labute approximate surface area is 75.2 Å². The van der Waals surface area contributed by atoms with E-state index in [9.17, 15) is 0 Å². The van der Waals surface area contributed by atoms with Crippen LogP contribution in [0.25, 0.3) is 0 Å². The van der Waals surface area contributed by atoms with Crippen molar-refractivity contribution in [3.63, 3.8) is 0 Å². The van der Waals surface area contributed by atoms with Gasteiger partial charge < -0.3 is 19.8 Å². The van der Waals surface area contributed by atoms with Gasteiger partial charge in [-0.15, -0.1) is 0 Å². The molecule has 0 aliphatic heterocycles. The van der Waals surface area contributed by atoms with Gasteiger partial charge >= 0.3 is 37.7 Å². The molecule has 0 radical (unpaired) electrons. The van der Waals surface area contributed by atoms with E-state index < -0.39 is 8.25 Å². The fourth-order valence-electron chi connectivity index (χ4n) is 0. The summed E-state index contributed by atoms with van der Waals surface area (Å²) in [4.78, 5) is 17.0. The van der Waals surface area contributed by atoms with Gasteiger partial charge in [-0.05, 0) is 0 Å². The summed E-state index contributed by atoms with van der Waals surface area (Å²) in [7, 11) is -3.63. The molecule has 0 aromatic heterocycles. The first-order chi connectivity index (χ1) is 1.73. The molecule has 7 heavy (non-hydrogen) atoms. The molecule has 2 N–H and O–H groups in total. The normalized spacial score (nSPS) is 5.00. The second kappa shape index (κ2) is 15.7.